The number of nitrogens with one attached hydrogen (secondary N) is 1. The number of rotatable bonds is 7. The summed E-state index contributed by atoms with van der Waals surface area (Å²) in [5.41, 5.74) is 0. The third kappa shape index (κ3) is 4.07. The van der Waals surface area contributed by atoms with E-state index in [1.165, 1.54) is 0 Å². The van der Waals surface area contributed by atoms with Gasteiger partial charge in [0.1, 0.15) is 0 Å². The van der Waals surface area contributed by atoms with E-state index in [-0.39, 0.29) is 0 Å². The molecule has 0 aromatic rings. The average Bonchev–Trinajstić information content (AvgIpc) is 2.07. The lowest BCUT2D eigenvalue weighted by Gasteiger charge is -2.35. The van der Waals surface area contributed by atoms with Crippen LogP contribution in [0.1, 0.15) is 32.6 Å². The highest BCUT2D eigenvalue weighted by molar-refractivity contribution is 4.85. The van der Waals surface area contributed by atoms with Gasteiger partial charge in [-0.2, -0.15) is 0 Å². The standard InChI is InChI=1S/C10H21NO2/c1-2-13-10-7-9(8-10)11-5-3-4-6-12/h9-12H,2-8H2,1H3. The first-order valence-electron chi connectivity index (χ1n) is 5.32. The van der Waals surface area contributed by atoms with Gasteiger partial charge >= 0.3 is 0 Å². The zero-order valence-corrected chi connectivity index (χ0v) is 8.46. The maximum atomic E-state index is 8.57. The summed E-state index contributed by atoms with van der Waals surface area (Å²) in [6.07, 6.45) is 4.81. The van der Waals surface area contributed by atoms with Crippen LogP contribution in [0.3, 0.4) is 0 Å². The van der Waals surface area contributed by atoms with Crippen LogP contribution in [0.5, 0.6) is 0 Å². The van der Waals surface area contributed by atoms with Crippen LogP contribution in [0, 0.1) is 0 Å². The molecule has 1 fully saturated rings. The Morgan fingerprint density at radius 1 is 1.38 bits per heavy atom. The molecule has 0 bridgehead atoms. The molecule has 1 saturated carbocycles. The molecule has 0 unspecified atom stereocenters. The maximum absolute atomic E-state index is 8.57. The van der Waals surface area contributed by atoms with Crippen molar-refractivity contribution in [1.82, 2.24) is 5.32 Å². The Morgan fingerprint density at radius 2 is 2.15 bits per heavy atom. The molecular weight excluding hydrogens is 166 g/mol. The summed E-state index contributed by atoms with van der Waals surface area (Å²) in [5.74, 6) is 0. The fraction of sp³-hybridized carbons (Fsp3) is 1.00. The molecule has 3 nitrogen and oxygen atoms in total. The second-order valence-electron chi connectivity index (χ2n) is 3.63. The van der Waals surface area contributed by atoms with Gasteiger partial charge in [-0.15, -0.1) is 0 Å². The number of unbranched alkanes of at least 4 members (excludes halogenated alkanes) is 1. The van der Waals surface area contributed by atoms with Crippen LogP contribution >= 0.6 is 0 Å². The van der Waals surface area contributed by atoms with Crippen molar-refractivity contribution in [2.45, 2.75) is 44.8 Å². The third-order valence-corrected chi connectivity index (χ3v) is 2.52. The van der Waals surface area contributed by atoms with E-state index in [2.05, 4.69) is 5.32 Å². The molecule has 0 spiro atoms. The first-order chi connectivity index (χ1) is 6.36. The van der Waals surface area contributed by atoms with Gasteiger partial charge in [0, 0.05) is 19.3 Å². The monoisotopic (exact) mass is 187 g/mol. The Kier molecular flexibility index (Phi) is 5.35. The Balaban J connectivity index is 1.84. The van der Waals surface area contributed by atoms with Crippen LogP contribution in [0.4, 0.5) is 0 Å². The zero-order chi connectivity index (χ0) is 9.52. The van der Waals surface area contributed by atoms with Gasteiger partial charge in [0.05, 0.1) is 6.10 Å². The van der Waals surface area contributed by atoms with E-state index in [1.54, 1.807) is 0 Å². The van der Waals surface area contributed by atoms with Crippen LogP contribution in [-0.2, 0) is 4.74 Å². The molecule has 13 heavy (non-hydrogen) atoms. The molecule has 0 aliphatic heterocycles. The van der Waals surface area contributed by atoms with Crippen molar-refractivity contribution in [1.29, 1.82) is 0 Å². The van der Waals surface area contributed by atoms with Crippen molar-refractivity contribution < 1.29 is 9.84 Å². The minimum Gasteiger partial charge on any atom is -0.396 e. The molecule has 0 heterocycles. The smallest absolute Gasteiger partial charge is 0.0604 e. The molecule has 1 aliphatic carbocycles. The number of hydrogen-bond donors (Lipinski definition) is 2. The molecule has 0 radical (unpaired) electrons. The van der Waals surface area contributed by atoms with Gasteiger partial charge in [0.25, 0.3) is 0 Å². The van der Waals surface area contributed by atoms with Gasteiger partial charge < -0.3 is 15.2 Å². The molecule has 0 atom stereocenters. The summed E-state index contributed by atoms with van der Waals surface area (Å²) in [6, 6.07) is 0.662. The summed E-state index contributed by atoms with van der Waals surface area (Å²) in [6.45, 7) is 4.22. The zero-order valence-electron chi connectivity index (χ0n) is 8.46. The summed E-state index contributed by atoms with van der Waals surface area (Å²) in [7, 11) is 0. The lowest BCUT2D eigenvalue weighted by Crippen LogP contribution is -2.45. The van der Waals surface area contributed by atoms with E-state index in [0.717, 1.165) is 38.8 Å². The van der Waals surface area contributed by atoms with E-state index in [0.29, 0.717) is 18.8 Å². The highest BCUT2D eigenvalue weighted by Crippen LogP contribution is 2.22. The molecule has 0 aromatic carbocycles. The lowest BCUT2D eigenvalue weighted by molar-refractivity contribution is -0.00980. The molecule has 78 valence electrons. The average molecular weight is 187 g/mol. The van der Waals surface area contributed by atoms with E-state index in [4.69, 9.17) is 9.84 Å². The van der Waals surface area contributed by atoms with Crippen LogP contribution in [-0.4, -0.2) is 37.0 Å². The quantitative estimate of drug-likeness (QED) is 0.582. The molecule has 0 aromatic heterocycles. The molecule has 2 N–H and O–H groups in total. The van der Waals surface area contributed by atoms with Crippen molar-refractivity contribution in [2.75, 3.05) is 19.8 Å². The van der Waals surface area contributed by atoms with Gasteiger partial charge in [-0.25, -0.2) is 0 Å². The third-order valence-electron chi connectivity index (χ3n) is 2.52. The topological polar surface area (TPSA) is 41.5 Å². The van der Waals surface area contributed by atoms with Gasteiger partial charge in [-0.1, -0.05) is 0 Å². The Morgan fingerprint density at radius 3 is 2.77 bits per heavy atom. The first kappa shape index (κ1) is 11.0. The Bertz CT molecular complexity index is 124. The predicted molar refractivity (Wildman–Crippen MR) is 52.8 cm³/mol. The highest BCUT2D eigenvalue weighted by atomic mass is 16.5. The normalized spacial score (nSPS) is 27.2. The minimum absolute atomic E-state index is 0.313. The highest BCUT2D eigenvalue weighted by Gasteiger charge is 2.28. The van der Waals surface area contributed by atoms with Crippen molar-refractivity contribution in [3.63, 3.8) is 0 Å². The summed E-state index contributed by atoms with van der Waals surface area (Å²) in [4.78, 5) is 0. The first-order valence-corrected chi connectivity index (χ1v) is 5.32. The Hall–Kier alpha value is -0.120. The summed E-state index contributed by atoms with van der Waals surface area (Å²) >= 11 is 0. The second kappa shape index (κ2) is 6.35. The van der Waals surface area contributed by atoms with Gasteiger partial charge in [0.2, 0.25) is 0 Å². The van der Waals surface area contributed by atoms with Gasteiger partial charge in [-0.05, 0) is 39.2 Å². The predicted octanol–water partition coefficient (Wildman–Crippen LogP) is 0.916. The fourth-order valence-electron chi connectivity index (χ4n) is 1.65. The molecule has 3 heteroatoms. The summed E-state index contributed by atoms with van der Waals surface area (Å²) in [5, 5.41) is 12.0. The van der Waals surface area contributed by atoms with Crippen LogP contribution in [0.2, 0.25) is 0 Å². The number of aliphatic hydroxyl groups is 1. The number of aliphatic hydroxyl groups excluding tert-OH is 1. The second-order valence-corrected chi connectivity index (χ2v) is 3.63. The largest absolute Gasteiger partial charge is 0.396 e. The lowest BCUT2D eigenvalue weighted by atomic mass is 9.89. The fourth-order valence-corrected chi connectivity index (χ4v) is 1.65. The van der Waals surface area contributed by atoms with Crippen molar-refractivity contribution in [2.24, 2.45) is 0 Å². The maximum Gasteiger partial charge on any atom is 0.0604 e. The molecular formula is C10H21NO2. The SMILES string of the molecule is CCOC1CC(NCCCCO)C1. The summed E-state index contributed by atoms with van der Waals surface area (Å²) < 4.78 is 5.46. The van der Waals surface area contributed by atoms with Crippen molar-refractivity contribution >= 4 is 0 Å². The van der Waals surface area contributed by atoms with Crippen LogP contribution < -0.4 is 5.32 Å². The van der Waals surface area contributed by atoms with E-state index in [1.807, 2.05) is 6.92 Å². The van der Waals surface area contributed by atoms with E-state index < -0.39 is 0 Å². The van der Waals surface area contributed by atoms with E-state index in [9.17, 15) is 0 Å². The molecule has 0 saturated heterocycles. The van der Waals surface area contributed by atoms with E-state index >= 15 is 0 Å². The van der Waals surface area contributed by atoms with Crippen LogP contribution in [0.15, 0.2) is 0 Å². The minimum atomic E-state index is 0.313. The van der Waals surface area contributed by atoms with Gasteiger partial charge in [-0.3, -0.25) is 0 Å². The number of ether oxygens (including phenoxy) is 1. The van der Waals surface area contributed by atoms with Crippen LogP contribution in [0.25, 0.3) is 0 Å². The molecule has 1 aliphatic rings. The van der Waals surface area contributed by atoms with Crippen molar-refractivity contribution in [3.05, 3.63) is 0 Å². The van der Waals surface area contributed by atoms with Crippen molar-refractivity contribution in [3.8, 4) is 0 Å². The number of hydrogen-bond acceptors (Lipinski definition) is 3. The molecule has 0 amide bonds. The Labute approximate surface area is 80.5 Å². The molecule has 1 rings (SSSR count). The van der Waals surface area contributed by atoms with Gasteiger partial charge in [0.15, 0.2) is 0 Å².